The van der Waals surface area contributed by atoms with Gasteiger partial charge < -0.3 is 20.1 Å². The fraction of sp³-hybridized carbons (Fsp3) is 0.632. The maximum Gasteiger partial charge on any atom is 0.191 e. The van der Waals surface area contributed by atoms with Crippen molar-refractivity contribution in [2.24, 2.45) is 4.99 Å². The molecule has 0 aromatic heterocycles. The van der Waals surface area contributed by atoms with Crippen LogP contribution in [-0.4, -0.2) is 70.5 Å². The molecule has 1 aromatic rings. The Bertz CT molecular complexity index is 533. The number of methoxy groups -OCH3 is 1. The Labute approximate surface area is 174 Å². The van der Waals surface area contributed by atoms with Gasteiger partial charge in [-0.2, -0.15) is 0 Å². The van der Waals surface area contributed by atoms with E-state index in [1.165, 1.54) is 11.1 Å². The van der Waals surface area contributed by atoms with Gasteiger partial charge in [0.25, 0.3) is 0 Å². The van der Waals surface area contributed by atoms with E-state index in [1.54, 1.807) is 14.2 Å². The minimum Gasteiger partial charge on any atom is -0.383 e. The lowest BCUT2D eigenvalue weighted by atomic mass is 10.0. The van der Waals surface area contributed by atoms with E-state index < -0.39 is 0 Å². The van der Waals surface area contributed by atoms with Gasteiger partial charge in [-0.1, -0.05) is 29.8 Å². The maximum atomic E-state index is 5.52. The molecule has 1 aromatic carbocycles. The summed E-state index contributed by atoms with van der Waals surface area (Å²) in [5.74, 6) is 0.801. The summed E-state index contributed by atoms with van der Waals surface area (Å²) < 4.78 is 10.7. The van der Waals surface area contributed by atoms with E-state index in [-0.39, 0.29) is 30.0 Å². The second kappa shape index (κ2) is 12.5. The number of hydrogen-bond acceptors (Lipinski definition) is 4. The van der Waals surface area contributed by atoms with Crippen molar-refractivity contribution < 1.29 is 9.47 Å². The molecule has 0 radical (unpaired) electrons. The van der Waals surface area contributed by atoms with Crippen molar-refractivity contribution in [1.82, 2.24) is 15.5 Å². The summed E-state index contributed by atoms with van der Waals surface area (Å²) in [6.45, 7) is 9.12. The van der Waals surface area contributed by atoms with Gasteiger partial charge in [-0.25, -0.2) is 0 Å². The number of aliphatic imine (C=N–C) groups is 1. The molecule has 0 spiro atoms. The smallest absolute Gasteiger partial charge is 0.191 e. The number of benzene rings is 1. The van der Waals surface area contributed by atoms with Crippen LogP contribution in [0.2, 0.25) is 0 Å². The number of ether oxygens (including phenoxy) is 2. The first-order valence-electron chi connectivity index (χ1n) is 8.98. The highest BCUT2D eigenvalue weighted by Crippen LogP contribution is 2.21. The van der Waals surface area contributed by atoms with Gasteiger partial charge in [-0.15, -0.1) is 24.0 Å². The molecule has 6 nitrogen and oxygen atoms in total. The predicted molar refractivity (Wildman–Crippen MR) is 118 cm³/mol. The van der Waals surface area contributed by atoms with Crippen molar-refractivity contribution in [1.29, 1.82) is 0 Å². The summed E-state index contributed by atoms with van der Waals surface area (Å²) in [4.78, 5) is 6.81. The van der Waals surface area contributed by atoms with E-state index in [2.05, 4.69) is 58.6 Å². The number of guanidine groups is 1. The lowest BCUT2D eigenvalue weighted by Crippen LogP contribution is -2.48. The molecule has 148 valence electrons. The minimum absolute atomic E-state index is 0. The Morgan fingerprint density at radius 1 is 1.27 bits per heavy atom. The SMILES string of the molecule is CN=C(NCC(c1ccc(C)cc1)N1CCOCC1)NC(C)COC.I. The lowest BCUT2D eigenvalue weighted by Gasteiger charge is -2.35. The molecule has 1 fully saturated rings. The number of nitrogens with zero attached hydrogens (tertiary/aromatic N) is 2. The molecule has 2 atom stereocenters. The fourth-order valence-corrected chi connectivity index (χ4v) is 3.05. The van der Waals surface area contributed by atoms with Crippen LogP contribution in [0.3, 0.4) is 0 Å². The average Bonchev–Trinajstić information content (AvgIpc) is 2.63. The van der Waals surface area contributed by atoms with E-state index in [0.29, 0.717) is 12.6 Å². The van der Waals surface area contributed by atoms with Crippen LogP contribution in [0.4, 0.5) is 0 Å². The van der Waals surface area contributed by atoms with E-state index >= 15 is 0 Å². The Balaban J connectivity index is 0.00000338. The summed E-state index contributed by atoms with van der Waals surface area (Å²) in [5, 5.41) is 6.83. The van der Waals surface area contributed by atoms with Crippen molar-refractivity contribution in [2.75, 3.05) is 53.6 Å². The van der Waals surface area contributed by atoms with Crippen molar-refractivity contribution in [3.05, 3.63) is 35.4 Å². The molecule has 7 heteroatoms. The molecule has 1 saturated heterocycles. The number of morpholine rings is 1. The number of hydrogen-bond donors (Lipinski definition) is 2. The predicted octanol–water partition coefficient (Wildman–Crippen LogP) is 2.19. The zero-order valence-electron chi connectivity index (χ0n) is 16.3. The molecule has 2 unspecified atom stereocenters. The van der Waals surface area contributed by atoms with Gasteiger partial charge in [0, 0.05) is 39.8 Å². The topological polar surface area (TPSA) is 58.1 Å². The summed E-state index contributed by atoms with van der Waals surface area (Å²) in [5.41, 5.74) is 2.60. The van der Waals surface area contributed by atoms with Crippen LogP contribution in [0.25, 0.3) is 0 Å². The van der Waals surface area contributed by atoms with Gasteiger partial charge in [0.1, 0.15) is 0 Å². The van der Waals surface area contributed by atoms with Crippen LogP contribution in [0.5, 0.6) is 0 Å². The van der Waals surface area contributed by atoms with Crippen molar-refractivity contribution in [3.8, 4) is 0 Å². The molecule has 26 heavy (non-hydrogen) atoms. The highest BCUT2D eigenvalue weighted by Gasteiger charge is 2.23. The van der Waals surface area contributed by atoms with Crippen LogP contribution >= 0.6 is 24.0 Å². The monoisotopic (exact) mass is 476 g/mol. The van der Waals surface area contributed by atoms with Crippen molar-refractivity contribution >= 4 is 29.9 Å². The zero-order chi connectivity index (χ0) is 18.1. The first-order chi connectivity index (χ1) is 12.1. The van der Waals surface area contributed by atoms with E-state index in [4.69, 9.17) is 9.47 Å². The number of nitrogens with one attached hydrogen (secondary N) is 2. The highest BCUT2D eigenvalue weighted by molar-refractivity contribution is 14.0. The Kier molecular flexibility index (Phi) is 11.1. The summed E-state index contributed by atoms with van der Waals surface area (Å²) in [7, 11) is 3.50. The molecule has 2 rings (SSSR count). The second-order valence-electron chi connectivity index (χ2n) is 6.53. The van der Waals surface area contributed by atoms with Gasteiger partial charge in [-0.05, 0) is 19.4 Å². The third kappa shape index (κ3) is 7.38. The largest absolute Gasteiger partial charge is 0.383 e. The van der Waals surface area contributed by atoms with Crippen LogP contribution in [0.1, 0.15) is 24.1 Å². The second-order valence-corrected chi connectivity index (χ2v) is 6.53. The average molecular weight is 476 g/mol. The van der Waals surface area contributed by atoms with Crippen LogP contribution in [0.15, 0.2) is 29.3 Å². The van der Waals surface area contributed by atoms with Crippen LogP contribution in [-0.2, 0) is 9.47 Å². The number of halogens is 1. The first-order valence-corrected chi connectivity index (χ1v) is 8.98. The maximum absolute atomic E-state index is 5.52. The molecule has 2 N–H and O–H groups in total. The third-order valence-corrected chi connectivity index (χ3v) is 4.43. The number of rotatable bonds is 7. The molecule has 0 saturated carbocycles. The zero-order valence-corrected chi connectivity index (χ0v) is 18.7. The minimum atomic E-state index is 0. The first kappa shape index (κ1) is 23.1. The quantitative estimate of drug-likeness (QED) is 0.359. The van der Waals surface area contributed by atoms with Gasteiger partial charge in [0.2, 0.25) is 0 Å². The van der Waals surface area contributed by atoms with Gasteiger partial charge >= 0.3 is 0 Å². The van der Waals surface area contributed by atoms with Crippen molar-refractivity contribution in [2.45, 2.75) is 25.9 Å². The molecule has 0 bridgehead atoms. The molecular formula is C19H33IN4O2. The third-order valence-electron chi connectivity index (χ3n) is 4.43. The molecular weight excluding hydrogens is 443 g/mol. The summed E-state index contributed by atoms with van der Waals surface area (Å²) in [6, 6.07) is 9.30. The molecule has 1 heterocycles. The molecule has 1 aliphatic rings. The standard InChI is InChI=1S/C19H32N4O2.HI/c1-15-5-7-17(8-6-15)18(23-9-11-25-12-10-23)13-21-19(20-3)22-16(2)14-24-4;/h5-8,16,18H,9-14H2,1-4H3,(H2,20,21,22);1H. The lowest BCUT2D eigenvalue weighted by molar-refractivity contribution is 0.0170. The molecule has 0 aliphatic carbocycles. The van der Waals surface area contributed by atoms with Gasteiger partial charge in [0.05, 0.1) is 25.9 Å². The number of aryl methyl sites for hydroxylation is 1. The normalized spacial score (nSPS) is 17.9. The van der Waals surface area contributed by atoms with Gasteiger partial charge in [0.15, 0.2) is 5.96 Å². The van der Waals surface area contributed by atoms with Crippen LogP contribution < -0.4 is 10.6 Å². The summed E-state index contributed by atoms with van der Waals surface area (Å²) in [6.07, 6.45) is 0. The summed E-state index contributed by atoms with van der Waals surface area (Å²) >= 11 is 0. The molecule has 1 aliphatic heterocycles. The Morgan fingerprint density at radius 2 is 1.92 bits per heavy atom. The molecule has 0 amide bonds. The van der Waals surface area contributed by atoms with E-state index in [9.17, 15) is 0 Å². The van der Waals surface area contributed by atoms with Crippen molar-refractivity contribution in [3.63, 3.8) is 0 Å². The van der Waals surface area contributed by atoms with Crippen LogP contribution in [0, 0.1) is 6.92 Å². The van der Waals surface area contributed by atoms with E-state index in [0.717, 1.165) is 38.8 Å². The highest BCUT2D eigenvalue weighted by atomic mass is 127. The Hall–Kier alpha value is -0.900. The van der Waals surface area contributed by atoms with Gasteiger partial charge in [-0.3, -0.25) is 9.89 Å². The Morgan fingerprint density at radius 3 is 2.50 bits per heavy atom. The van der Waals surface area contributed by atoms with E-state index in [1.807, 2.05) is 0 Å². The fourth-order valence-electron chi connectivity index (χ4n) is 3.05.